The lowest BCUT2D eigenvalue weighted by atomic mass is 9.58. The fourth-order valence-electron chi connectivity index (χ4n) is 4.63. The van der Waals surface area contributed by atoms with E-state index in [9.17, 15) is 4.79 Å². The van der Waals surface area contributed by atoms with Crippen LogP contribution in [0.15, 0.2) is 91.0 Å². The molecule has 3 nitrogen and oxygen atoms in total. The molecule has 3 aromatic carbocycles. The highest BCUT2D eigenvalue weighted by atomic mass is 16.1. The number of hydrogen-bond acceptors (Lipinski definition) is 2. The molecule has 1 heterocycles. The highest BCUT2D eigenvalue weighted by Crippen LogP contribution is 2.24. The van der Waals surface area contributed by atoms with Gasteiger partial charge in [-0.1, -0.05) is 91.0 Å². The van der Waals surface area contributed by atoms with Gasteiger partial charge in [-0.2, -0.15) is 0 Å². The minimum atomic E-state index is 0.119. The molecule has 163 valence electrons. The minimum absolute atomic E-state index is 0.119. The molecule has 1 radical (unpaired) electrons. The molecule has 0 bridgehead atoms. The van der Waals surface area contributed by atoms with Gasteiger partial charge in [0.15, 0.2) is 0 Å². The van der Waals surface area contributed by atoms with Gasteiger partial charge in [0.05, 0.1) is 6.42 Å². The van der Waals surface area contributed by atoms with E-state index in [4.69, 9.17) is 0 Å². The predicted molar refractivity (Wildman–Crippen MR) is 133 cm³/mol. The second kappa shape index (κ2) is 11.7. The van der Waals surface area contributed by atoms with Gasteiger partial charge >= 0.3 is 0 Å². The van der Waals surface area contributed by atoms with Gasteiger partial charge in [0.1, 0.15) is 7.28 Å². The molecular weight excluding hydrogens is 391 g/mol. The van der Waals surface area contributed by atoms with Gasteiger partial charge in [-0.05, 0) is 54.3 Å². The summed E-state index contributed by atoms with van der Waals surface area (Å²) in [5.74, 6) is 0.931. The third kappa shape index (κ3) is 6.57. The molecule has 1 N–H and O–H groups in total. The van der Waals surface area contributed by atoms with Crippen LogP contribution in [-0.4, -0.2) is 44.2 Å². The summed E-state index contributed by atoms with van der Waals surface area (Å²) in [6.45, 7) is 2.93. The van der Waals surface area contributed by atoms with E-state index >= 15 is 0 Å². The van der Waals surface area contributed by atoms with Crippen molar-refractivity contribution < 1.29 is 4.79 Å². The zero-order chi connectivity index (χ0) is 22.0. The SMILES string of the molecule is O=C(Cc1ccccc1)NCC1CCCN(C[B]C(c2ccccc2)c2ccccc2)C1. The molecule has 4 rings (SSSR count). The van der Waals surface area contributed by atoms with Crippen LogP contribution in [0.3, 0.4) is 0 Å². The summed E-state index contributed by atoms with van der Waals surface area (Å²) >= 11 is 0. The molecule has 1 fully saturated rings. The third-order valence-corrected chi connectivity index (χ3v) is 6.32. The number of piperidine rings is 1. The first-order valence-electron chi connectivity index (χ1n) is 11.7. The average molecular weight is 423 g/mol. The van der Waals surface area contributed by atoms with Crippen molar-refractivity contribution in [2.45, 2.75) is 25.1 Å². The van der Waals surface area contributed by atoms with Crippen LogP contribution >= 0.6 is 0 Å². The van der Waals surface area contributed by atoms with Crippen LogP contribution in [0.25, 0.3) is 0 Å². The van der Waals surface area contributed by atoms with Crippen LogP contribution in [0.2, 0.25) is 0 Å². The van der Waals surface area contributed by atoms with Crippen LogP contribution in [-0.2, 0) is 11.2 Å². The monoisotopic (exact) mass is 423 g/mol. The van der Waals surface area contributed by atoms with E-state index in [1.54, 1.807) is 0 Å². The maximum Gasteiger partial charge on any atom is 0.224 e. The Bertz CT molecular complexity index is 909. The highest BCUT2D eigenvalue weighted by Gasteiger charge is 2.23. The molecule has 1 aliphatic rings. The summed E-state index contributed by atoms with van der Waals surface area (Å²) in [4.78, 5) is 14.9. The minimum Gasteiger partial charge on any atom is -0.355 e. The molecule has 0 saturated carbocycles. The maximum atomic E-state index is 12.3. The van der Waals surface area contributed by atoms with Gasteiger partial charge in [-0.15, -0.1) is 0 Å². The van der Waals surface area contributed by atoms with Crippen molar-refractivity contribution in [1.29, 1.82) is 0 Å². The fourth-order valence-corrected chi connectivity index (χ4v) is 4.63. The van der Waals surface area contributed by atoms with Gasteiger partial charge in [0.25, 0.3) is 0 Å². The molecule has 1 atom stereocenters. The summed E-state index contributed by atoms with van der Waals surface area (Å²) in [5.41, 5.74) is 3.73. The summed E-state index contributed by atoms with van der Waals surface area (Å²) < 4.78 is 0. The van der Waals surface area contributed by atoms with Crippen LogP contribution in [0.5, 0.6) is 0 Å². The molecule has 0 aliphatic carbocycles. The number of rotatable bonds is 9. The Balaban J connectivity index is 1.29. The Hall–Kier alpha value is -2.85. The largest absolute Gasteiger partial charge is 0.355 e. The van der Waals surface area contributed by atoms with Crippen molar-refractivity contribution in [3.05, 3.63) is 108 Å². The van der Waals surface area contributed by atoms with Crippen LogP contribution < -0.4 is 5.32 Å². The Kier molecular flexibility index (Phi) is 8.16. The van der Waals surface area contributed by atoms with E-state index in [-0.39, 0.29) is 5.91 Å². The zero-order valence-electron chi connectivity index (χ0n) is 18.7. The van der Waals surface area contributed by atoms with Crippen molar-refractivity contribution in [2.75, 3.05) is 26.1 Å². The number of benzene rings is 3. The Morgan fingerprint density at radius 2 is 1.50 bits per heavy atom. The van der Waals surface area contributed by atoms with Crippen molar-refractivity contribution in [3.63, 3.8) is 0 Å². The lowest BCUT2D eigenvalue weighted by Gasteiger charge is -2.33. The van der Waals surface area contributed by atoms with Crippen molar-refractivity contribution in [2.24, 2.45) is 5.92 Å². The number of carbonyl (C=O) groups is 1. The Labute approximate surface area is 193 Å². The number of likely N-dealkylation sites (tertiary alicyclic amines) is 1. The first kappa shape index (κ1) is 22.4. The summed E-state index contributed by atoms with van der Waals surface area (Å²) in [6.07, 6.45) is 3.79. The number of nitrogens with zero attached hydrogens (tertiary/aromatic N) is 1. The molecule has 1 unspecified atom stereocenters. The first-order chi connectivity index (χ1) is 15.8. The highest BCUT2D eigenvalue weighted by molar-refractivity contribution is 6.39. The molecule has 1 saturated heterocycles. The van der Waals surface area contributed by atoms with Crippen molar-refractivity contribution in [1.82, 2.24) is 10.2 Å². The molecule has 0 aromatic heterocycles. The van der Waals surface area contributed by atoms with E-state index in [0.29, 0.717) is 18.2 Å². The number of hydrogen-bond donors (Lipinski definition) is 1. The van der Waals surface area contributed by atoms with Gasteiger partial charge in [0, 0.05) is 13.1 Å². The summed E-state index contributed by atoms with van der Waals surface area (Å²) in [5, 5.41) is 3.16. The van der Waals surface area contributed by atoms with Gasteiger partial charge in [-0.3, -0.25) is 4.79 Å². The van der Waals surface area contributed by atoms with Crippen LogP contribution in [0.1, 0.15) is 35.3 Å². The number of nitrogens with one attached hydrogen (secondary N) is 1. The second-order valence-corrected chi connectivity index (χ2v) is 8.77. The fraction of sp³-hybridized carbons (Fsp3) is 0.321. The molecule has 32 heavy (non-hydrogen) atoms. The smallest absolute Gasteiger partial charge is 0.224 e. The standard InChI is InChI=1S/C28H32BN2O/c32-27(19-23-11-4-1-5-12-23)30-20-24-13-10-18-31(21-24)22-29-28(25-14-6-2-7-15-25)26-16-8-3-9-17-26/h1-9,11-12,14-17,24,28H,10,13,18-22H2,(H,30,32). The van der Waals surface area contributed by atoms with Gasteiger partial charge in [-0.25, -0.2) is 0 Å². The average Bonchev–Trinajstić information content (AvgIpc) is 2.85. The quantitative estimate of drug-likeness (QED) is 0.514. The molecule has 1 aliphatic heterocycles. The van der Waals surface area contributed by atoms with E-state index in [1.807, 2.05) is 30.3 Å². The molecule has 3 aromatic rings. The number of amides is 1. The maximum absolute atomic E-state index is 12.3. The lowest BCUT2D eigenvalue weighted by molar-refractivity contribution is -0.120. The van der Waals surface area contributed by atoms with E-state index in [0.717, 1.165) is 31.6 Å². The molecule has 1 amide bonds. The predicted octanol–water partition coefficient (Wildman–Crippen LogP) is 4.51. The topological polar surface area (TPSA) is 32.3 Å². The third-order valence-electron chi connectivity index (χ3n) is 6.32. The summed E-state index contributed by atoms with van der Waals surface area (Å²) in [7, 11) is 2.45. The number of carbonyl (C=O) groups excluding carboxylic acids is 1. The molecule has 0 spiro atoms. The molecular formula is C28H32BN2O. The van der Waals surface area contributed by atoms with E-state index < -0.39 is 0 Å². The zero-order valence-corrected chi connectivity index (χ0v) is 18.7. The second-order valence-electron chi connectivity index (χ2n) is 8.77. The normalized spacial score (nSPS) is 16.6. The lowest BCUT2D eigenvalue weighted by Crippen LogP contribution is -2.43. The Morgan fingerprint density at radius 1 is 0.906 bits per heavy atom. The summed E-state index contributed by atoms with van der Waals surface area (Å²) in [6, 6.07) is 31.5. The van der Waals surface area contributed by atoms with E-state index in [1.165, 1.54) is 24.0 Å². The van der Waals surface area contributed by atoms with Crippen molar-refractivity contribution in [3.8, 4) is 0 Å². The van der Waals surface area contributed by atoms with E-state index in [2.05, 4.69) is 78.2 Å². The van der Waals surface area contributed by atoms with Crippen LogP contribution in [0, 0.1) is 5.92 Å². The Morgan fingerprint density at radius 3 is 2.12 bits per heavy atom. The van der Waals surface area contributed by atoms with Crippen molar-refractivity contribution >= 4 is 13.2 Å². The first-order valence-corrected chi connectivity index (χ1v) is 11.7. The van der Waals surface area contributed by atoms with Gasteiger partial charge < -0.3 is 10.2 Å². The van der Waals surface area contributed by atoms with Crippen LogP contribution in [0.4, 0.5) is 0 Å². The van der Waals surface area contributed by atoms with Gasteiger partial charge in [0.2, 0.25) is 5.91 Å². The molecule has 4 heteroatoms.